The number of amides is 1. The maximum Gasteiger partial charge on any atom is 0.220 e. The smallest absolute Gasteiger partial charge is 0.220 e. The van der Waals surface area contributed by atoms with E-state index in [1.165, 1.54) is 0 Å². The number of carbonyl (C=O) groups excluding carboxylic acids is 1. The molecular weight excluding hydrogens is 178 g/mol. The van der Waals surface area contributed by atoms with E-state index in [0.29, 0.717) is 13.0 Å². The van der Waals surface area contributed by atoms with Crippen LogP contribution in [0.4, 0.5) is 0 Å². The van der Waals surface area contributed by atoms with Gasteiger partial charge in [0.1, 0.15) is 0 Å². The second-order valence-electron chi connectivity index (χ2n) is 3.18. The molecule has 0 saturated carbocycles. The Bertz CT molecular complexity index is 295. The van der Waals surface area contributed by atoms with E-state index in [1.54, 1.807) is 12.4 Å². The van der Waals surface area contributed by atoms with E-state index < -0.39 is 0 Å². The van der Waals surface area contributed by atoms with Gasteiger partial charge in [-0.3, -0.25) is 14.8 Å². The minimum Gasteiger partial charge on any atom is -0.350 e. The highest BCUT2D eigenvalue weighted by atomic mass is 16.1. The summed E-state index contributed by atoms with van der Waals surface area (Å²) < 4.78 is 0. The molecule has 0 fully saturated rings. The van der Waals surface area contributed by atoms with Crippen molar-refractivity contribution in [3.05, 3.63) is 23.8 Å². The molecule has 0 aliphatic rings. The zero-order chi connectivity index (χ0) is 10.4. The van der Waals surface area contributed by atoms with Crippen molar-refractivity contribution in [3.63, 3.8) is 0 Å². The highest BCUT2D eigenvalue weighted by molar-refractivity contribution is 5.75. The zero-order valence-electron chi connectivity index (χ0n) is 8.58. The van der Waals surface area contributed by atoms with Crippen LogP contribution in [-0.4, -0.2) is 15.9 Å². The van der Waals surface area contributed by atoms with E-state index in [2.05, 4.69) is 15.3 Å². The van der Waals surface area contributed by atoms with Crippen LogP contribution in [0.15, 0.2) is 12.4 Å². The van der Waals surface area contributed by atoms with Crippen molar-refractivity contribution in [3.8, 4) is 0 Å². The number of carbonyl (C=O) groups is 1. The molecule has 14 heavy (non-hydrogen) atoms. The van der Waals surface area contributed by atoms with E-state index in [9.17, 15) is 4.79 Å². The molecule has 1 rings (SSSR count). The van der Waals surface area contributed by atoms with Crippen LogP contribution in [0, 0.1) is 6.92 Å². The van der Waals surface area contributed by atoms with Crippen LogP contribution < -0.4 is 5.32 Å². The van der Waals surface area contributed by atoms with E-state index in [-0.39, 0.29) is 5.91 Å². The topological polar surface area (TPSA) is 54.9 Å². The second-order valence-corrected chi connectivity index (χ2v) is 3.18. The van der Waals surface area contributed by atoms with Crippen molar-refractivity contribution in [1.82, 2.24) is 15.3 Å². The summed E-state index contributed by atoms with van der Waals surface area (Å²) in [4.78, 5) is 19.3. The predicted molar refractivity (Wildman–Crippen MR) is 53.5 cm³/mol. The number of hydrogen-bond donors (Lipinski definition) is 1. The van der Waals surface area contributed by atoms with E-state index in [1.807, 2.05) is 13.8 Å². The molecule has 0 aliphatic heterocycles. The molecule has 0 aliphatic carbocycles. The third-order valence-electron chi connectivity index (χ3n) is 1.78. The van der Waals surface area contributed by atoms with Gasteiger partial charge in [0, 0.05) is 12.6 Å². The summed E-state index contributed by atoms with van der Waals surface area (Å²) in [5.41, 5.74) is 1.67. The van der Waals surface area contributed by atoms with Crippen molar-refractivity contribution in [2.45, 2.75) is 33.2 Å². The van der Waals surface area contributed by atoms with E-state index >= 15 is 0 Å². The van der Waals surface area contributed by atoms with E-state index in [0.717, 1.165) is 17.8 Å². The zero-order valence-corrected chi connectivity index (χ0v) is 8.58. The Balaban J connectivity index is 2.38. The van der Waals surface area contributed by atoms with Crippen LogP contribution in [0.5, 0.6) is 0 Å². The Kier molecular flexibility index (Phi) is 4.04. The fourth-order valence-corrected chi connectivity index (χ4v) is 1.02. The van der Waals surface area contributed by atoms with Gasteiger partial charge in [-0.1, -0.05) is 6.92 Å². The van der Waals surface area contributed by atoms with Crippen LogP contribution in [-0.2, 0) is 11.3 Å². The van der Waals surface area contributed by atoms with Gasteiger partial charge in [-0.05, 0) is 13.3 Å². The summed E-state index contributed by atoms with van der Waals surface area (Å²) in [7, 11) is 0. The van der Waals surface area contributed by atoms with Crippen LogP contribution in [0.2, 0.25) is 0 Å². The number of aromatic nitrogens is 2. The normalized spacial score (nSPS) is 9.86. The molecule has 1 amide bonds. The summed E-state index contributed by atoms with van der Waals surface area (Å²) in [6.45, 7) is 4.32. The average molecular weight is 193 g/mol. The van der Waals surface area contributed by atoms with Gasteiger partial charge in [-0.15, -0.1) is 0 Å². The van der Waals surface area contributed by atoms with Gasteiger partial charge in [0.25, 0.3) is 0 Å². The molecule has 1 aromatic heterocycles. The Hall–Kier alpha value is -1.45. The van der Waals surface area contributed by atoms with Gasteiger partial charge in [0.15, 0.2) is 0 Å². The summed E-state index contributed by atoms with van der Waals surface area (Å²) in [6, 6.07) is 0. The molecular formula is C10H15N3O. The van der Waals surface area contributed by atoms with Gasteiger partial charge >= 0.3 is 0 Å². The molecule has 4 nitrogen and oxygen atoms in total. The second kappa shape index (κ2) is 5.32. The summed E-state index contributed by atoms with van der Waals surface area (Å²) >= 11 is 0. The number of nitrogens with one attached hydrogen (secondary N) is 1. The molecule has 4 heteroatoms. The van der Waals surface area contributed by atoms with Gasteiger partial charge in [-0.25, -0.2) is 0 Å². The van der Waals surface area contributed by atoms with Crippen LogP contribution >= 0.6 is 0 Å². The minimum atomic E-state index is 0.0647. The third kappa shape index (κ3) is 3.51. The first-order valence-electron chi connectivity index (χ1n) is 4.76. The first kappa shape index (κ1) is 10.6. The highest BCUT2D eigenvalue weighted by Crippen LogP contribution is 1.94. The number of hydrogen-bond acceptors (Lipinski definition) is 3. The molecule has 76 valence electrons. The Labute approximate surface area is 83.8 Å². The predicted octanol–water partition coefficient (Wildman–Crippen LogP) is 1.20. The molecule has 0 spiro atoms. The number of nitrogens with zero attached hydrogens (tertiary/aromatic N) is 2. The lowest BCUT2D eigenvalue weighted by Gasteiger charge is -2.03. The Morgan fingerprint density at radius 1 is 1.43 bits per heavy atom. The first-order chi connectivity index (χ1) is 6.72. The van der Waals surface area contributed by atoms with Gasteiger partial charge in [-0.2, -0.15) is 0 Å². The lowest BCUT2D eigenvalue weighted by molar-refractivity contribution is -0.121. The lowest BCUT2D eigenvalue weighted by atomic mass is 10.3. The summed E-state index contributed by atoms with van der Waals surface area (Å²) in [5.74, 6) is 0.0647. The summed E-state index contributed by atoms with van der Waals surface area (Å²) in [6.07, 6.45) is 4.81. The Morgan fingerprint density at radius 2 is 2.21 bits per heavy atom. The molecule has 0 unspecified atom stereocenters. The Morgan fingerprint density at radius 3 is 2.79 bits per heavy atom. The molecule has 1 aromatic rings. The fraction of sp³-hybridized carbons (Fsp3) is 0.500. The standard InChI is InChI=1S/C10H15N3O/c1-3-4-10(14)13-7-9-6-11-8(2)5-12-9/h5-6H,3-4,7H2,1-2H3,(H,13,14). The fourth-order valence-electron chi connectivity index (χ4n) is 1.02. The molecule has 0 aromatic carbocycles. The average Bonchev–Trinajstić information content (AvgIpc) is 2.17. The molecule has 0 saturated heterocycles. The van der Waals surface area contributed by atoms with Crippen molar-refractivity contribution >= 4 is 5.91 Å². The summed E-state index contributed by atoms with van der Waals surface area (Å²) in [5, 5.41) is 2.78. The molecule has 1 N–H and O–H groups in total. The minimum absolute atomic E-state index is 0.0647. The maximum atomic E-state index is 11.1. The van der Waals surface area contributed by atoms with Gasteiger partial charge in [0.2, 0.25) is 5.91 Å². The molecule has 0 radical (unpaired) electrons. The number of aryl methyl sites for hydroxylation is 1. The van der Waals surface area contributed by atoms with Crippen molar-refractivity contribution in [2.24, 2.45) is 0 Å². The SMILES string of the molecule is CCCC(=O)NCc1cnc(C)cn1. The molecule has 1 heterocycles. The van der Waals surface area contributed by atoms with E-state index in [4.69, 9.17) is 0 Å². The molecule has 0 atom stereocenters. The molecule has 0 bridgehead atoms. The third-order valence-corrected chi connectivity index (χ3v) is 1.78. The lowest BCUT2D eigenvalue weighted by Crippen LogP contribution is -2.22. The first-order valence-corrected chi connectivity index (χ1v) is 4.76. The quantitative estimate of drug-likeness (QED) is 0.781. The van der Waals surface area contributed by atoms with Gasteiger partial charge in [0.05, 0.1) is 24.1 Å². The van der Waals surface area contributed by atoms with Crippen LogP contribution in [0.3, 0.4) is 0 Å². The van der Waals surface area contributed by atoms with Gasteiger partial charge < -0.3 is 5.32 Å². The van der Waals surface area contributed by atoms with Crippen molar-refractivity contribution in [1.29, 1.82) is 0 Å². The van der Waals surface area contributed by atoms with Crippen molar-refractivity contribution in [2.75, 3.05) is 0 Å². The number of rotatable bonds is 4. The highest BCUT2D eigenvalue weighted by Gasteiger charge is 1.99. The monoisotopic (exact) mass is 193 g/mol. The van der Waals surface area contributed by atoms with Crippen LogP contribution in [0.1, 0.15) is 31.2 Å². The maximum absolute atomic E-state index is 11.1. The van der Waals surface area contributed by atoms with Crippen molar-refractivity contribution < 1.29 is 4.79 Å². The largest absolute Gasteiger partial charge is 0.350 e. The van der Waals surface area contributed by atoms with Crippen LogP contribution in [0.25, 0.3) is 0 Å².